The summed E-state index contributed by atoms with van der Waals surface area (Å²) in [5.74, 6) is -0.771. The third kappa shape index (κ3) is 2.56. The summed E-state index contributed by atoms with van der Waals surface area (Å²) in [7, 11) is -4.00. The molecule has 0 radical (unpaired) electrons. The summed E-state index contributed by atoms with van der Waals surface area (Å²) in [6.07, 6.45) is 2.19. The predicted octanol–water partition coefficient (Wildman–Crippen LogP) is 0.512. The fourth-order valence-electron chi connectivity index (χ4n) is 1.54. The summed E-state index contributed by atoms with van der Waals surface area (Å²) >= 11 is 0. The molecule has 0 atom stereocenters. The summed E-state index contributed by atoms with van der Waals surface area (Å²) in [5, 5.41) is 6.00. The molecule has 2 aromatic heterocycles. The van der Waals surface area contributed by atoms with Crippen LogP contribution in [0.5, 0.6) is 0 Å². The minimum Gasteiger partial charge on any atom is -0.326 e. The number of anilines is 1. The van der Waals surface area contributed by atoms with Crippen LogP contribution in [0.25, 0.3) is 0 Å². The van der Waals surface area contributed by atoms with Crippen LogP contribution in [0.3, 0.4) is 0 Å². The van der Waals surface area contributed by atoms with Gasteiger partial charge in [-0.25, -0.2) is 4.39 Å². The topological polar surface area (TPSA) is 114 Å². The summed E-state index contributed by atoms with van der Waals surface area (Å²) in [5.41, 5.74) is 6.20. The van der Waals surface area contributed by atoms with E-state index in [-0.39, 0.29) is 17.3 Å². The van der Waals surface area contributed by atoms with E-state index in [9.17, 15) is 12.8 Å². The lowest BCUT2D eigenvalue weighted by Crippen LogP contribution is -2.17. The normalized spacial score (nSPS) is 11.5. The van der Waals surface area contributed by atoms with Crippen molar-refractivity contribution in [2.24, 2.45) is 5.73 Å². The summed E-state index contributed by atoms with van der Waals surface area (Å²) in [6, 6.07) is 1.22. The summed E-state index contributed by atoms with van der Waals surface area (Å²) in [6.45, 7) is 1.67. The van der Waals surface area contributed by atoms with E-state index < -0.39 is 15.8 Å². The number of H-pyrrole nitrogens is 1. The van der Waals surface area contributed by atoms with E-state index >= 15 is 0 Å². The second-order valence-electron chi connectivity index (χ2n) is 3.80. The monoisotopic (exact) mass is 285 g/mol. The molecule has 0 aliphatic heterocycles. The minimum absolute atomic E-state index is 0.0113. The number of aryl methyl sites for hydroxylation is 1. The molecule has 2 rings (SSSR count). The number of nitrogens with one attached hydrogen (secondary N) is 2. The number of rotatable bonds is 4. The van der Waals surface area contributed by atoms with Gasteiger partial charge in [0.2, 0.25) is 5.03 Å². The Labute approximate surface area is 109 Å². The molecular weight excluding hydrogens is 273 g/mol. The van der Waals surface area contributed by atoms with Crippen molar-refractivity contribution in [1.82, 2.24) is 15.2 Å². The van der Waals surface area contributed by atoms with E-state index in [1.807, 2.05) is 0 Å². The fraction of sp³-hybridized carbons (Fsp3) is 0.200. The Balaban J connectivity index is 2.41. The van der Waals surface area contributed by atoms with Gasteiger partial charge in [-0.05, 0) is 13.0 Å². The molecule has 2 aromatic rings. The smallest absolute Gasteiger partial charge is 0.281 e. The van der Waals surface area contributed by atoms with E-state index in [0.717, 1.165) is 6.20 Å². The van der Waals surface area contributed by atoms with Crippen molar-refractivity contribution in [1.29, 1.82) is 0 Å². The van der Waals surface area contributed by atoms with Crippen LogP contribution < -0.4 is 10.5 Å². The van der Waals surface area contributed by atoms with Crippen molar-refractivity contribution in [2.75, 3.05) is 4.72 Å². The molecule has 0 saturated heterocycles. The van der Waals surface area contributed by atoms with Crippen LogP contribution in [0, 0.1) is 12.7 Å². The van der Waals surface area contributed by atoms with Crippen LogP contribution in [0.15, 0.2) is 23.5 Å². The third-order valence-electron chi connectivity index (χ3n) is 2.51. The van der Waals surface area contributed by atoms with Crippen molar-refractivity contribution in [3.8, 4) is 0 Å². The molecule has 7 nitrogen and oxygen atoms in total. The molecule has 0 saturated carbocycles. The summed E-state index contributed by atoms with van der Waals surface area (Å²) in [4.78, 5) is 3.53. The van der Waals surface area contributed by atoms with Crippen molar-refractivity contribution in [3.05, 3.63) is 35.5 Å². The average Bonchev–Trinajstić information content (AvgIpc) is 2.74. The largest absolute Gasteiger partial charge is 0.326 e. The number of hydrogen-bond donors (Lipinski definition) is 3. The molecule has 0 aromatic carbocycles. The Bertz CT molecular complexity index is 698. The van der Waals surface area contributed by atoms with Gasteiger partial charge in [0, 0.05) is 24.0 Å². The first-order valence-electron chi connectivity index (χ1n) is 5.32. The zero-order valence-electron chi connectivity index (χ0n) is 10.0. The highest BCUT2D eigenvalue weighted by molar-refractivity contribution is 7.92. The molecule has 9 heteroatoms. The summed E-state index contributed by atoms with van der Waals surface area (Å²) < 4.78 is 39.7. The van der Waals surface area contributed by atoms with Crippen molar-refractivity contribution >= 4 is 15.7 Å². The van der Waals surface area contributed by atoms with Crippen LogP contribution in [-0.4, -0.2) is 23.6 Å². The molecule has 0 aliphatic rings. The third-order valence-corrected chi connectivity index (χ3v) is 3.85. The first kappa shape index (κ1) is 13.4. The standard InChI is InChI=1S/C10H12FN5O2S/c1-6-7(4-12)10(15-14-6)19(17,18)16-9-2-3-13-5-8(9)11/h2-3,5H,4,12H2,1H3,(H,13,16)(H,14,15). The second-order valence-corrected chi connectivity index (χ2v) is 5.40. The van der Waals surface area contributed by atoms with Gasteiger partial charge in [-0.3, -0.25) is 14.8 Å². The molecular formula is C10H12FN5O2S. The van der Waals surface area contributed by atoms with Crippen LogP contribution in [0.4, 0.5) is 10.1 Å². The zero-order valence-corrected chi connectivity index (χ0v) is 10.8. The van der Waals surface area contributed by atoms with Crippen LogP contribution in [0.1, 0.15) is 11.3 Å². The van der Waals surface area contributed by atoms with Gasteiger partial charge in [0.15, 0.2) is 5.82 Å². The highest BCUT2D eigenvalue weighted by Gasteiger charge is 2.24. The number of nitrogens with zero attached hydrogens (tertiary/aromatic N) is 2. The highest BCUT2D eigenvalue weighted by Crippen LogP contribution is 2.20. The van der Waals surface area contributed by atoms with Gasteiger partial charge in [-0.15, -0.1) is 0 Å². The van der Waals surface area contributed by atoms with Gasteiger partial charge in [0.25, 0.3) is 10.0 Å². The fourth-order valence-corrected chi connectivity index (χ4v) is 2.82. The van der Waals surface area contributed by atoms with Gasteiger partial charge < -0.3 is 5.73 Å². The van der Waals surface area contributed by atoms with E-state index in [1.54, 1.807) is 6.92 Å². The van der Waals surface area contributed by atoms with E-state index in [2.05, 4.69) is 19.9 Å². The SMILES string of the molecule is Cc1[nH]nc(S(=O)(=O)Nc2ccncc2F)c1CN. The van der Waals surface area contributed by atoms with Gasteiger partial charge in [0.1, 0.15) is 0 Å². The maximum Gasteiger partial charge on any atom is 0.281 e. The minimum atomic E-state index is -4.00. The Kier molecular flexibility index (Phi) is 3.49. The Morgan fingerprint density at radius 2 is 2.26 bits per heavy atom. The van der Waals surface area contributed by atoms with Gasteiger partial charge >= 0.3 is 0 Å². The number of hydrogen-bond acceptors (Lipinski definition) is 5. The maximum absolute atomic E-state index is 13.4. The predicted molar refractivity (Wildman–Crippen MR) is 66.2 cm³/mol. The van der Waals surface area contributed by atoms with E-state index in [0.29, 0.717) is 11.3 Å². The van der Waals surface area contributed by atoms with Crippen molar-refractivity contribution in [3.63, 3.8) is 0 Å². The molecule has 102 valence electrons. The molecule has 0 fully saturated rings. The van der Waals surface area contributed by atoms with Crippen molar-refractivity contribution < 1.29 is 12.8 Å². The molecule has 0 aliphatic carbocycles. The quantitative estimate of drug-likeness (QED) is 0.757. The molecule has 0 spiro atoms. The lowest BCUT2D eigenvalue weighted by molar-refractivity contribution is 0.593. The Morgan fingerprint density at radius 3 is 2.89 bits per heavy atom. The van der Waals surface area contributed by atoms with Crippen LogP contribution >= 0.6 is 0 Å². The molecule has 4 N–H and O–H groups in total. The number of aromatic amines is 1. The van der Waals surface area contributed by atoms with Gasteiger partial charge in [-0.2, -0.15) is 13.5 Å². The number of pyridine rings is 1. The van der Waals surface area contributed by atoms with Gasteiger partial charge in [-0.1, -0.05) is 0 Å². The zero-order chi connectivity index (χ0) is 14.0. The van der Waals surface area contributed by atoms with Gasteiger partial charge in [0.05, 0.1) is 11.9 Å². The Hall–Kier alpha value is -2.00. The van der Waals surface area contributed by atoms with E-state index in [4.69, 9.17) is 5.73 Å². The first-order chi connectivity index (χ1) is 8.95. The molecule has 0 bridgehead atoms. The lowest BCUT2D eigenvalue weighted by atomic mass is 10.3. The maximum atomic E-state index is 13.4. The second kappa shape index (κ2) is 4.94. The first-order valence-corrected chi connectivity index (χ1v) is 6.80. The molecule has 2 heterocycles. The van der Waals surface area contributed by atoms with Crippen LogP contribution in [-0.2, 0) is 16.6 Å². The number of sulfonamides is 1. The lowest BCUT2D eigenvalue weighted by Gasteiger charge is -2.07. The molecule has 0 unspecified atom stereocenters. The number of aromatic nitrogens is 3. The highest BCUT2D eigenvalue weighted by atomic mass is 32.2. The number of nitrogens with two attached hydrogens (primary N) is 1. The average molecular weight is 285 g/mol. The van der Waals surface area contributed by atoms with E-state index in [1.165, 1.54) is 12.3 Å². The molecule has 19 heavy (non-hydrogen) atoms. The van der Waals surface area contributed by atoms with Crippen molar-refractivity contribution in [2.45, 2.75) is 18.5 Å². The van der Waals surface area contributed by atoms with Crippen LogP contribution in [0.2, 0.25) is 0 Å². The number of halogens is 1. The molecule has 0 amide bonds. The Morgan fingerprint density at radius 1 is 1.53 bits per heavy atom.